The molecule has 1 spiro atoms. The number of aromatic nitrogens is 1. The van der Waals surface area contributed by atoms with Crippen LogP contribution in [0.5, 0.6) is 5.75 Å². The number of pyridine rings is 1. The van der Waals surface area contributed by atoms with Crippen LogP contribution in [0.3, 0.4) is 0 Å². The highest BCUT2D eigenvalue weighted by molar-refractivity contribution is 7.81. The molecular formula is C25H24F3N5O3S. The van der Waals surface area contributed by atoms with E-state index in [1.54, 1.807) is 29.2 Å². The highest BCUT2D eigenvalue weighted by Gasteiger charge is 2.59. The first-order chi connectivity index (χ1) is 17.7. The first-order valence-electron chi connectivity index (χ1n) is 11.9. The number of thiocarbonyl (C=S) groups is 1. The van der Waals surface area contributed by atoms with Crippen molar-refractivity contribution in [3.8, 4) is 11.8 Å². The van der Waals surface area contributed by atoms with Gasteiger partial charge in [0.2, 0.25) is 0 Å². The zero-order valence-electron chi connectivity index (χ0n) is 19.7. The molecule has 1 aliphatic carbocycles. The Morgan fingerprint density at radius 2 is 2.00 bits per heavy atom. The fourth-order valence-electron chi connectivity index (χ4n) is 5.17. The number of nitrogens with zero attached hydrogens (tertiary/aromatic N) is 4. The summed E-state index contributed by atoms with van der Waals surface area (Å²) in [5.41, 5.74) is -2.45. The van der Waals surface area contributed by atoms with Crippen LogP contribution in [0.15, 0.2) is 36.5 Å². The lowest BCUT2D eigenvalue weighted by Gasteiger charge is -2.43. The third kappa shape index (κ3) is 4.41. The van der Waals surface area contributed by atoms with Crippen molar-refractivity contribution in [2.45, 2.75) is 56.0 Å². The van der Waals surface area contributed by atoms with Gasteiger partial charge in [-0.15, -0.1) is 0 Å². The van der Waals surface area contributed by atoms with E-state index >= 15 is 0 Å². The average molecular weight is 532 g/mol. The maximum Gasteiger partial charge on any atom is 0.419 e. The minimum Gasteiger partial charge on any atom is -0.490 e. The number of ether oxygens (including phenoxy) is 1. The largest absolute Gasteiger partial charge is 0.490 e. The number of aliphatic hydroxyl groups is 1. The van der Waals surface area contributed by atoms with Gasteiger partial charge in [0.05, 0.1) is 24.1 Å². The molecule has 0 bridgehead atoms. The molecule has 1 amide bonds. The third-order valence-electron chi connectivity index (χ3n) is 7.20. The summed E-state index contributed by atoms with van der Waals surface area (Å²) in [4.78, 5) is 20.0. The summed E-state index contributed by atoms with van der Waals surface area (Å²) < 4.78 is 46.7. The van der Waals surface area contributed by atoms with Crippen molar-refractivity contribution < 1.29 is 27.8 Å². The summed E-state index contributed by atoms with van der Waals surface area (Å²) >= 11 is 5.64. The van der Waals surface area contributed by atoms with E-state index in [1.165, 1.54) is 6.07 Å². The first-order valence-corrected chi connectivity index (χ1v) is 12.4. The van der Waals surface area contributed by atoms with Crippen LogP contribution in [0.4, 0.5) is 24.5 Å². The summed E-state index contributed by atoms with van der Waals surface area (Å²) in [5.74, 6) is 0.225. The highest BCUT2D eigenvalue weighted by Crippen LogP contribution is 2.48. The van der Waals surface area contributed by atoms with Crippen LogP contribution in [0, 0.1) is 11.3 Å². The molecule has 2 N–H and O–H groups in total. The Kier molecular flexibility index (Phi) is 6.55. The quantitative estimate of drug-likeness (QED) is 0.566. The number of rotatable bonds is 5. The Bertz CT molecular complexity index is 1260. The van der Waals surface area contributed by atoms with Crippen LogP contribution >= 0.6 is 12.2 Å². The van der Waals surface area contributed by atoms with E-state index in [9.17, 15) is 23.1 Å². The Labute approximate surface area is 216 Å². The van der Waals surface area contributed by atoms with Crippen molar-refractivity contribution in [3.63, 3.8) is 0 Å². The zero-order valence-corrected chi connectivity index (χ0v) is 20.5. The maximum absolute atomic E-state index is 13.6. The number of nitriles is 1. The van der Waals surface area contributed by atoms with Gasteiger partial charge in [-0.2, -0.15) is 18.4 Å². The second kappa shape index (κ2) is 9.55. The molecule has 3 fully saturated rings. The number of carbonyl (C=O) groups is 1. The minimum absolute atomic E-state index is 0.00922. The number of alkyl halides is 3. The van der Waals surface area contributed by atoms with E-state index in [-0.39, 0.29) is 29.6 Å². The van der Waals surface area contributed by atoms with Crippen molar-refractivity contribution in [1.29, 1.82) is 5.26 Å². The van der Waals surface area contributed by atoms with Crippen LogP contribution < -0.4 is 19.9 Å². The number of aliphatic hydroxyl groups excluding tert-OH is 1. The van der Waals surface area contributed by atoms with Crippen LogP contribution in [-0.4, -0.2) is 51.9 Å². The molecule has 2 aromatic rings. The summed E-state index contributed by atoms with van der Waals surface area (Å²) in [6, 6.07) is 9.30. The molecular weight excluding hydrogens is 507 g/mol. The molecule has 0 unspecified atom stereocenters. The molecule has 1 aromatic carbocycles. The van der Waals surface area contributed by atoms with Crippen molar-refractivity contribution >= 4 is 34.6 Å². The monoisotopic (exact) mass is 531 g/mol. The molecule has 37 heavy (non-hydrogen) atoms. The summed E-state index contributed by atoms with van der Waals surface area (Å²) in [7, 11) is 0. The number of halogens is 3. The number of nitrogens with one attached hydrogen (secondary N) is 1. The van der Waals surface area contributed by atoms with Crippen molar-refractivity contribution in [2.75, 3.05) is 23.0 Å². The van der Waals surface area contributed by atoms with Gasteiger partial charge in [0.15, 0.2) is 10.8 Å². The predicted molar refractivity (Wildman–Crippen MR) is 132 cm³/mol. The van der Waals surface area contributed by atoms with E-state index in [1.807, 2.05) is 0 Å². The normalized spacial score (nSPS) is 23.2. The Hall–Kier alpha value is -3.27. The summed E-state index contributed by atoms with van der Waals surface area (Å²) in [5, 5.41) is 21.7. The molecule has 8 nitrogen and oxygen atoms in total. The number of amides is 1. The maximum atomic E-state index is 13.6. The molecule has 2 atom stereocenters. The lowest BCUT2D eigenvalue weighted by Crippen LogP contribution is -2.55. The summed E-state index contributed by atoms with van der Waals surface area (Å²) in [6.45, 7) is 0.786. The van der Waals surface area contributed by atoms with E-state index in [0.29, 0.717) is 30.7 Å². The fraction of sp³-hybridized carbons (Fsp3) is 0.440. The molecule has 2 aliphatic heterocycles. The van der Waals surface area contributed by atoms with Crippen molar-refractivity contribution in [2.24, 2.45) is 0 Å². The number of anilines is 2. The third-order valence-corrected chi connectivity index (χ3v) is 7.57. The smallest absolute Gasteiger partial charge is 0.419 e. The highest BCUT2D eigenvalue weighted by atomic mass is 32.1. The van der Waals surface area contributed by atoms with Gasteiger partial charge in [0.25, 0.3) is 5.91 Å². The Morgan fingerprint density at radius 3 is 2.59 bits per heavy atom. The molecule has 12 heteroatoms. The molecule has 1 aromatic heterocycles. The van der Waals surface area contributed by atoms with Gasteiger partial charge in [-0.1, -0.05) is 0 Å². The summed E-state index contributed by atoms with van der Waals surface area (Å²) in [6.07, 6.45) is -0.501. The first kappa shape index (κ1) is 25.4. The SMILES string of the molecule is N#Cc1ncc(N2C(=O)C3(CCC3)N(c3ccc(O[C@H]4CCN[C@H](CO)C4)cc3)C2=S)cc1C(F)(F)F. The van der Waals surface area contributed by atoms with Crippen LogP contribution in [-0.2, 0) is 11.0 Å². The van der Waals surface area contributed by atoms with E-state index in [4.69, 9.17) is 22.2 Å². The minimum atomic E-state index is -4.81. The molecule has 0 radical (unpaired) electrons. The molecule has 2 saturated heterocycles. The molecule has 3 heterocycles. The van der Waals surface area contributed by atoms with E-state index in [2.05, 4.69) is 10.3 Å². The van der Waals surface area contributed by atoms with Crippen LogP contribution in [0.25, 0.3) is 0 Å². The predicted octanol–water partition coefficient (Wildman–Crippen LogP) is 3.52. The number of benzene rings is 1. The number of hydrogen-bond donors (Lipinski definition) is 2. The van der Waals surface area contributed by atoms with Gasteiger partial charge in [0.1, 0.15) is 23.5 Å². The fourth-order valence-corrected chi connectivity index (χ4v) is 5.64. The van der Waals surface area contributed by atoms with Crippen molar-refractivity contribution in [1.82, 2.24) is 10.3 Å². The lowest BCUT2D eigenvalue weighted by molar-refractivity contribution is -0.138. The number of carbonyl (C=O) groups excluding carboxylic acids is 1. The molecule has 3 aliphatic rings. The Balaban J connectivity index is 1.42. The molecule has 194 valence electrons. The topological polar surface area (TPSA) is 102 Å². The second-order valence-electron chi connectivity index (χ2n) is 9.43. The van der Waals surface area contributed by atoms with Gasteiger partial charge in [0, 0.05) is 18.2 Å². The van der Waals surface area contributed by atoms with Crippen LogP contribution in [0.1, 0.15) is 43.4 Å². The van der Waals surface area contributed by atoms with Crippen molar-refractivity contribution in [3.05, 3.63) is 47.8 Å². The standard InChI is InChI=1S/C25H24F3N5O3S/c26-25(27,28)20-11-17(13-31-21(20)12-29)32-22(35)24(7-1-8-24)33(23(32)37)16-2-4-18(5-3-16)36-19-6-9-30-15(10-19)14-34/h2-5,11,13,15,19,30,34H,1,6-10,14H2/t15-,19-/m0/s1. The average Bonchev–Trinajstić information content (AvgIpc) is 3.10. The zero-order chi connectivity index (χ0) is 26.4. The number of piperidine rings is 1. The van der Waals surface area contributed by atoms with E-state index in [0.717, 1.165) is 36.5 Å². The van der Waals surface area contributed by atoms with E-state index < -0.39 is 28.9 Å². The lowest BCUT2D eigenvalue weighted by atomic mass is 9.75. The van der Waals surface area contributed by atoms with Gasteiger partial charge in [-0.3, -0.25) is 9.69 Å². The van der Waals surface area contributed by atoms with Crippen LogP contribution in [0.2, 0.25) is 0 Å². The molecule has 1 saturated carbocycles. The van der Waals surface area contributed by atoms with Gasteiger partial charge < -0.3 is 20.1 Å². The molecule has 5 rings (SSSR count). The van der Waals surface area contributed by atoms with Gasteiger partial charge >= 0.3 is 6.18 Å². The Morgan fingerprint density at radius 1 is 1.27 bits per heavy atom. The number of hydrogen-bond acceptors (Lipinski definition) is 7. The second-order valence-corrected chi connectivity index (χ2v) is 9.80. The van der Waals surface area contributed by atoms with Gasteiger partial charge in [-0.05, 0) is 74.8 Å². The van der Waals surface area contributed by atoms with Gasteiger partial charge in [-0.25, -0.2) is 4.98 Å².